The zero-order valence-electron chi connectivity index (χ0n) is 13.7. The molecule has 3 rings (SSSR count). The Hall–Kier alpha value is -2.83. The quantitative estimate of drug-likeness (QED) is 0.662. The van der Waals surface area contributed by atoms with E-state index in [2.05, 4.69) is 20.4 Å². The molecular weight excluding hydrogens is 306 g/mol. The van der Waals surface area contributed by atoms with Crippen molar-refractivity contribution in [2.45, 2.75) is 25.8 Å². The van der Waals surface area contributed by atoms with Crippen molar-refractivity contribution >= 4 is 16.8 Å². The average molecular weight is 327 g/mol. The number of H-pyrrole nitrogens is 1. The third kappa shape index (κ3) is 3.92. The SMILES string of the molecule is COc1ccc2[nH]cc(CCNC(=O)CCCn3cncn3)c2c1. The monoisotopic (exact) mass is 327 g/mol. The highest BCUT2D eigenvalue weighted by molar-refractivity contribution is 5.84. The summed E-state index contributed by atoms with van der Waals surface area (Å²) in [5.74, 6) is 0.896. The second-order valence-electron chi connectivity index (χ2n) is 5.59. The van der Waals surface area contributed by atoms with E-state index < -0.39 is 0 Å². The number of amides is 1. The molecule has 1 aromatic carbocycles. The van der Waals surface area contributed by atoms with E-state index >= 15 is 0 Å². The minimum atomic E-state index is 0.0625. The number of nitrogens with zero attached hydrogens (tertiary/aromatic N) is 3. The van der Waals surface area contributed by atoms with E-state index in [4.69, 9.17) is 4.74 Å². The molecule has 0 fully saturated rings. The molecule has 0 aliphatic heterocycles. The lowest BCUT2D eigenvalue weighted by atomic mass is 10.1. The molecule has 0 saturated carbocycles. The molecule has 1 amide bonds. The topological polar surface area (TPSA) is 84.8 Å². The van der Waals surface area contributed by atoms with Gasteiger partial charge in [0, 0.05) is 36.6 Å². The molecular formula is C17H21N5O2. The third-order valence-corrected chi connectivity index (χ3v) is 3.95. The molecule has 7 nitrogen and oxygen atoms in total. The fraction of sp³-hybridized carbons (Fsp3) is 0.353. The number of rotatable bonds is 8. The molecule has 3 aromatic rings. The van der Waals surface area contributed by atoms with Crippen LogP contribution >= 0.6 is 0 Å². The van der Waals surface area contributed by atoms with Gasteiger partial charge in [0.1, 0.15) is 18.4 Å². The summed E-state index contributed by atoms with van der Waals surface area (Å²) in [6, 6.07) is 5.95. The van der Waals surface area contributed by atoms with Gasteiger partial charge in [-0.2, -0.15) is 5.10 Å². The lowest BCUT2D eigenvalue weighted by Gasteiger charge is -2.05. The van der Waals surface area contributed by atoms with Crippen molar-refractivity contribution in [3.05, 3.63) is 42.6 Å². The Kier molecular flexibility index (Phi) is 5.10. The van der Waals surface area contributed by atoms with Crippen LogP contribution in [0.4, 0.5) is 0 Å². The second-order valence-corrected chi connectivity index (χ2v) is 5.59. The predicted molar refractivity (Wildman–Crippen MR) is 90.8 cm³/mol. The molecule has 0 atom stereocenters. The summed E-state index contributed by atoms with van der Waals surface area (Å²) in [6.45, 7) is 1.32. The first-order valence-corrected chi connectivity index (χ1v) is 7.99. The normalized spacial score (nSPS) is 10.9. The molecule has 0 bridgehead atoms. The summed E-state index contributed by atoms with van der Waals surface area (Å²) in [7, 11) is 1.66. The van der Waals surface area contributed by atoms with E-state index in [1.807, 2.05) is 24.4 Å². The van der Waals surface area contributed by atoms with Crippen molar-refractivity contribution < 1.29 is 9.53 Å². The van der Waals surface area contributed by atoms with Gasteiger partial charge in [-0.1, -0.05) is 0 Å². The number of fused-ring (bicyclic) bond motifs is 1. The Morgan fingerprint density at radius 2 is 2.33 bits per heavy atom. The minimum Gasteiger partial charge on any atom is -0.497 e. The zero-order chi connectivity index (χ0) is 16.8. The first-order valence-electron chi connectivity index (χ1n) is 7.99. The maximum Gasteiger partial charge on any atom is 0.220 e. The fourth-order valence-corrected chi connectivity index (χ4v) is 2.67. The van der Waals surface area contributed by atoms with Crippen LogP contribution in [0.2, 0.25) is 0 Å². The molecule has 0 aliphatic rings. The summed E-state index contributed by atoms with van der Waals surface area (Å²) < 4.78 is 7.00. The van der Waals surface area contributed by atoms with Gasteiger partial charge in [-0.25, -0.2) is 4.98 Å². The Morgan fingerprint density at radius 3 is 3.12 bits per heavy atom. The van der Waals surface area contributed by atoms with E-state index in [9.17, 15) is 4.79 Å². The van der Waals surface area contributed by atoms with Crippen LogP contribution < -0.4 is 10.1 Å². The smallest absolute Gasteiger partial charge is 0.220 e. The van der Waals surface area contributed by atoms with Gasteiger partial charge in [-0.05, 0) is 36.6 Å². The Bertz CT molecular complexity index is 795. The summed E-state index contributed by atoms with van der Waals surface area (Å²) >= 11 is 0. The number of aromatic amines is 1. The molecule has 0 spiro atoms. The summed E-state index contributed by atoms with van der Waals surface area (Å²) in [5.41, 5.74) is 2.25. The van der Waals surface area contributed by atoms with Crippen molar-refractivity contribution in [1.82, 2.24) is 25.1 Å². The maximum atomic E-state index is 11.9. The van der Waals surface area contributed by atoms with Crippen LogP contribution in [-0.4, -0.2) is 39.3 Å². The molecule has 0 aliphatic carbocycles. The molecule has 126 valence electrons. The summed E-state index contributed by atoms with van der Waals surface area (Å²) in [5, 5.41) is 8.11. The molecule has 0 saturated heterocycles. The van der Waals surface area contributed by atoms with Crippen LogP contribution in [0, 0.1) is 0 Å². The molecule has 2 heterocycles. The second kappa shape index (κ2) is 7.63. The van der Waals surface area contributed by atoms with Crippen LogP contribution in [0.3, 0.4) is 0 Å². The molecule has 0 unspecified atom stereocenters. The van der Waals surface area contributed by atoms with Gasteiger partial charge in [0.2, 0.25) is 5.91 Å². The number of methoxy groups -OCH3 is 1. The van der Waals surface area contributed by atoms with E-state index in [1.165, 1.54) is 11.9 Å². The first-order chi connectivity index (χ1) is 11.8. The van der Waals surface area contributed by atoms with Crippen molar-refractivity contribution in [1.29, 1.82) is 0 Å². The van der Waals surface area contributed by atoms with E-state index in [0.717, 1.165) is 29.5 Å². The zero-order valence-corrected chi connectivity index (χ0v) is 13.7. The number of hydrogen-bond donors (Lipinski definition) is 2. The lowest BCUT2D eigenvalue weighted by Crippen LogP contribution is -2.25. The predicted octanol–water partition coefficient (Wildman–Crippen LogP) is 1.91. The van der Waals surface area contributed by atoms with Gasteiger partial charge in [0.05, 0.1) is 7.11 Å². The lowest BCUT2D eigenvalue weighted by molar-refractivity contribution is -0.121. The molecule has 2 aromatic heterocycles. The fourth-order valence-electron chi connectivity index (χ4n) is 2.67. The van der Waals surface area contributed by atoms with E-state index in [-0.39, 0.29) is 5.91 Å². The van der Waals surface area contributed by atoms with Crippen LogP contribution in [0.15, 0.2) is 37.1 Å². The summed E-state index contributed by atoms with van der Waals surface area (Å²) in [4.78, 5) is 19.0. The molecule has 24 heavy (non-hydrogen) atoms. The molecule has 0 radical (unpaired) electrons. The highest BCUT2D eigenvalue weighted by atomic mass is 16.5. The van der Waals surface area contributed by atoms with Gasteiger partial charge in [0.25, 0.3) is 0 Å². The number of carbonyl (C=O) groups excluding carboxylic acids is 1. The average Bonchev–Trinajstić information content (AvgIpc) is 3.24. The highest BCUT2D eigenvalue weighted by Crippen LogP contribution is 2.23. The number of ether oxygens (including phenoxy) is 1. The largest absolute Gasteiger partial charge is 0.497 e. The number of benzene rings is 1. The van der Waals surface area contributed by atoms with Crippen molar-refractivity contribution in [3.8, 4) is 5.75 Å². The number of hydrogen-bond acceptors (Lipinski definition) is 4. The van der Waals surface area contributed by atoms with Gasteiger partial charge in [0.15, 0.2) is 0 Å². The van der Waals surface area contributed by atoms with Gasteiger partial charge >= 0.3 is 0 Å². The number of carbonyl (C=O) groups is 1. The van der Waals surface area contributed by atoms with Gasteiger partial charge < -0.3 is 15.0 Å². The van der Waals surface area contributed by atoms with Gasteiger partial charge in [-0.3, -0.25) is 9.48 Å². The minimum absolute atomic E-state index is 0.0625. The highest BCUT2D eigenvalue weighted by Gasteiger charge is 2.06. The maximum absolute atomic E-state index is 11.9. The van der Waals surface area contributed by atoms with Crippen LogP contribution in [0.5, 0.6) is 5.75 Å². The Balaban J connectivity index is 1.45. The van der Waals surface area contributed by atoms with Crippen molar-refractivity contribution in [2.75, 3.05) is 13.7 Å². The molecule has 7 heteroatoms. The van der Waals surface area contributed by atoms with Crippen LogP contribution in [0.1, 0.15) is 18.4 Å². The number of aromatic nitrogens is 4. The Morgan fingerprint density at radius 1 is 1.42 bits per heavy atom. The van der Waals surface area contributed by atoms with Crippen LogP contribution in [0.25, 0.3) is 10.9 Å². The standard InChI is InChI=1S/C17H21N5O2/c1-24-14-4-5-16-15(9-14)13(10-20-16)6-7-19-17(23)3-2-8-22-12-18-11-21-22/h4-5,9-12,20H,2-3,6-8H2,1H3,(H,19,23). The van der Waals surface area contributed by atoms with Crippen LogP contribution in [-0.2, 0) is 17.8 Å². The number of aryl methyl sites for hydroxylation is 1. The molecule has 2 N–H and O–H groups in total. The Labute approximate surface area is 140 Å². The number of nitrogens with one attached hydrogen (secondary N) is 2. The summed E-state index contributed by atoms with van der Waals surface area (Å²) in [6.07, 6.45) is 7.16. The van der Waals surface area contributed by atoms with E-state index in [1.54, 1.807) is 18.1 Å². The first kappa shape index (κ1) is 16.0. The third-order valence-electron chi connectivity index (χ3n) is 3.95. The van der Waals surface area contributed by atoms with Crippen molar-refractivity contribution in [3.63, 3.8) is 0 Å². The van der Waals surface area contributed by atoms with Crippen molar-refractivity contribution in [2.24, 2.45) is 0 Å². The van der Waals surface area contributed by atoms with E-state index in [0.29, 0.717) is 19.5 Å². The van der Waals surface area contributed by atoms with Gasteiger partial charge in [-0.15, -0.1) is 0 Å².